The molecule has 3 aliphatic carbocycles. The Kier molecular flexibility index (Phi) is 4.77. The van der Waals surface area contributed by atoms with E-state index < -0.39 is 0 Å². The second-order valence-corrected chi connectivity index (χ2v) is 11.6. The van der Waals surface area contributed by atoms with Crippen LogP contribution in [0, 0.1) is 17.8 Å². The Labute approximate surface area is 165 Å². The van der Waals surface area contributed by atoms with Gasteiger partial charge in [0.1, 0.15) is 0 Å². The maximum atomic E-state index is 13.2. The van der Waals surface area contributed by atoms with Crippen LogP contribution < -0.4 is 5.32 Å². The van der Waals surface area contributed by atoms with Crippen LogP contribution in [0.25, 0.3) is 0 Å². The van der Waals surface area contributed by atoms with Gasteiger partial charge in [-0.05, 0) is 67.9 Å². The minimum atomic E-state index is 0.235. The van der Waals surface area contributed by atoms with Crippen molar-refractivity contribution >= 4 is 29.4 Å². The lowest BCUT2D eigenvalue weighted by molar-refractivity contribution is -0.128. The highest BCUT2D eigenvalue weighted by Crippen LogP contribution is 2.64. The monoisotopic (exact) mass is 387 g/mol. The molecule has 0 aromatic heterocycles. The molecule has 1 spiro atoms. The van der Waals surface area contributed by atoms with Gasteiger partial charge in [-0.15, -0.1) is 23.5 Å². The summed E-state index contributed by atoms with van der Waals surface area (Å²) in [6, 6.07) is 8.93. The Morgan fingerprint density at radius 1 is 1.00 bits per heavy atom. The fourth-order valence-corrected chi connectivity index (χ4v) is 9.95. The topological polar surface area (TPSA) is 29.1 Å². The molecule has 4 aliphatic rings. The third-order valence-corrected chi connectivity index (χ3v) is 11.2. The fraction of sp³-hybridized carbons (Fsp3) is 0.682. The van der Waals surface area contributed by atoms with Gasteiger partial charge in [-0.25, -0.2) is 0 Å². The van der Waals surface area contributed by atoms with Crippen molar-refractivity contribution in [1.29, 1.82) is 0 Å². The van der Waals surface area contributed by atoms with Crippen LogP contribution in [0.1, 0.15) is 62.1 Å². The summed E-state index contributed by atoms with van der Waals surface area (Å²) in [4.78, 5) is 13.2. The highest BCUT2D eigenvalue weighted by atomic mass is 32.2. The van der Waals surface area contributed by atoms with Crippen molar-refractivity contribution in [1.82, 2.24) is 5.32 Å². The van der Waals surface area contributed by atoms with Crippen molar-refractivity contribution < 1.29 is 4.79 Å². The summed E-state index contributed by atoms with van der Waals surface area (Å²) in [6.45, 7) is 0. The van der Waals surface area contributed by atoms with Gasteiger partial charge in [-0.3, -0.25) is 4.79 Å². The molecular weight excluding hydrogens is 358 g/mol. The standard InChI is InChI=1S/C22H29NOS2/c24-21(23-20-10-3-6-15-5-1-2-9-19(15)20)16-13-17-7-4-8-18(14-16)22(17)25-11-12-26-22/h1-2,5,9,16-18,20H,3-4,6-8,10-14H2,(H,23,24)/t16?,17-,18+,20-/m0/s1. The van der Waals surface area contributed by atoms with Gasteiger partial charge in [0.2, 0.25) is 5.91 Å². The molecule has 1 heterocycles. The quantitative estimate of drug-likeness (QED) is 0.758. The van der Waals surface area contributed by atoms with Crippen LogP contribution in [-0.4, -0.2) is 21.5 Å². The first-order chi connectivity index (χ1) is 12.8. The number of carbonyl (C=O) groups excluding carboxylic acids is 1. The van der Waals surface area contributed by atoms with E-state index >= 15 is 0 Å². The van der Waals surface area contributed by atoms with Crippen molar-refractivity contribution in [3.8, 4) is 0 Å². The van der Waals surface area contributed by atoms with Crippen LogP contribution in [0.3, 0.4) is 0 Å². The number of nitrogens with one attached hydrogen (secondary N) is 1. The number of rotatable bonds is 2. The molecule has 1 amide bonds. The maximum Gasteiger partial charge on any atom is 0.223 e. The lowest BCUT2D eigenvalue weighted by Gasteiger charge is -2.52. The van der Waals surface area contributed by atoms with Crippen molar-refractivity contribution in [2.24, 2.45) is 17.8 Å². The fourth-order valence-electron chi connectivity index (χ4n) is 6.02. The molecule has 2 saturated carbocycles. The Balaban J connectivity index is 1.30. The van der Waals surface area contributed by atoms with Crippen LogP contribution in [0.5, 0.6) is 0 Å². The Morgan fingerprint density at radius 3 is 2.50 bits per heavy atom. The molecule has 1 aliphatic heterocycles. The van der Waals surface area contributed by atoms with Crippen LogP contribution in [0.15, 0.2) is 24.3 Å². The first-order valence-electron chi connectivity index (χ1n) is 10.4. The van der Waals surface area contributed by atoms with Crippen LogP contribution in [0.4, 0.5) is 0 Å². The van der Waals surface area contributed by atoms with Crippen molar-refractivity contribution in [2.45, 2.75) is 61.5 Å². The zero-order valence-corrected chi connectivity index (χ0v) is 17.0. The average molecular weight is 388 g/mol. The normalized spacial score (nSPS) is 35.1. The number of aryl methyl sites for hydroxylation is 1. The lowest BCUT2D eigenvalue weighted by Crippen LogP contribution is -2.50. The first kappa shape index (κ1) is 17.5. The van der Waals surface area contributed by atoms with Gasteiger partial charge >= 0.3 is 0 Å². The van der Waals surface area contributed by atoms with E-state index in [0.29, 0.717) is 9.99 Å². The molecule has 1 N–H and O–H groups in total. The molecular formula is C22H29NOS2. The zero-order valence-electron chi connectivity index (χ0n) is 15.4. The molecule has 2 bridgehead atoms. The largest absolute Gasteiger partial charge is 0.349 e. The van der Waals surface area contributed by atoms with E-state index in [1.54, 1.807) is 0 Å². The van der Waals surface area contributed by atoms with E-state index in [1.807, 2.05) is 0 Å². The zero-order chi connectivity index (χ0) is 17.6. The molecule has 3 fully saturated rings. The second-order valence-electron chi connectivity index (χ2n) is 8.56. The molecule has 1 aromatic carbocycles. The minimum absolute atomic E-state index is 0.235. The number of benzene rings is 1. The van der Waals surface area contributed by atoms with Crippen LogP contribution in [-0.2, 0) is 11.2 Å². The Bertz CT molecular complexity index is 668. The summed E-state index contributed by atoms with van der Waals surface area (Å²) in [7, 11) is 0. The highest BCUT2D eigenvalue weighted by Gasteiger charge is 2.55. The van der Waals surface area contributed by atoms with E-state index in [9.17, 15) is 4.79 Å². The minimum Gasteiger partial charge on any atom is -0.349 e. The van der Waals surface area contributed by atoms with Crippen LogP contribution >= 0.6 is 23.5 Å². The van der Waals surface area contributed by atoms with Crippen molar-refractivity contribution in [3.63, 3.8) is 0 Å². The summed E-state index contributed by atoms with van der Waals surface area (Å²) in [5.74, 6) is 4.71. The predicted octanol–water partition coefficient (Wildman–Crippen LogP) is 5.18. The molecule has 5 rings (SSSR count). The molecule has 4 heteroatoms. The molecule has 0 radical (unpaired) electrons. The number of fused-ring (bicyclic) bond motifs is 1. The van der Waals surface area contributed by atoms with Crippen molar-refractivity contribution in [2.75, 3.05) is 11.5 Å². The van der Waals surface area contributed by atoms with E-state index in [4.69, 9.17) is 0 Å². The van der Waals surface area contributed by atoms with E-state index in [1.165, 1.54) is 48.3 Å². The van der Waals surface area contributed by atoms with Gasteiger partial charge in [0.25, 0.3) is 0 Å². The third-order valence-electron chi connectivity index (χ3n) is 7.18. The van der Waals surface area contributed by atoms with Gasteiger partial charge in [-0.2, -0.15) is 0 Å². The maximum absolute atomic E-state index is 13.2. The summed E-state index contributed by atoms with van der Waals surface area (Å²) < 4.78 is 0.465. The lowest BCUT2D eigenvalue weighted by atomic mass is 9.66. The van der Waals surface area contributed by atoms with Gasteiger partial charge in [-0.1, -0.05) is 30.7 Å². The predicted molar refractivity (Wildman–Crippen MR) is 111 cm³/mol. The SMILES string of the molecule is O=C(N[C@H]1CCCc2ccccc21)C1C[C@H]2CCC[C@@H](C1)C21SCCS1. The number of hydrogen-bond acceptors (Lipinski definition) is 3. The Morgan fingerprint density at radius 2 is 1.73 bits per heavy atom. The van der Waals surface area contributed by atoms with Gasteiger partial charge in [0.05, 0.1) is 10.1 Å². The molecule has 2 nitrogen and oxygen atoms in total. The molecule has 1 saturated heterocycles. The summed E-state index contributed by atoms with van der Waals surface area (Å²) in [5, 5.41) is 3.46. The van der Waals surface area contributed by atoms with Gasteiger partial charge < -0.3 is 5.32 Å². The average Bonchev–Trinajstić information content (AvgIpc) is 3.11. The number of thioether (sulfide) groups is 2. The molecule has 4 atom stereocenters. The molecule has 140 valence electrons. The molecule has 26 heavy (non-hydrogen) atoms. The van der Waals surface area contributed by atoms with E-state index in [-0.39, 0.29) is 12.0 Å². The summed E-state index contributed by atoms with van der Waals surface area (Å²) in [5.41, 5.74) is 2.80. The van der Waals surface area contributed by atoms with Gasteiger partial charge in [0, 0.05) is 17.4 Å². The number of carbonyl (C=O) groups is 1. The van der Waals surface area contributed by atoms with Gasteiger partial charge in [0.15, 0.2) is 0 Å². The van der Waals surface area contributed by atoms with E-state index in [2.05, 4.69) is 53.1 Å². The second kappa shape index (κ2) is 7.09. The summed E-state index contributed by atoms with van der Waals surface area (Å²) in [6.07, 6.45) is 9.74. The highest BCUT2D eigenvalue weighted by molar-refractivity contribution is 8.21. The third kappa shape index (κ3) is 2.92. The Hall–Kier alpha value is -0.610. The molecule has 1 unspecified atom stereocenters. The van der Waals surface area contributed by atoms with Crippen molar-refractivity contribution in [3.05, 3.63) is 35.4 Å². The smallest absolute Gasteiger partial charge is 0.223 e. The van der Waals surface area contributed by atoms with Crippen LogP contribution in [0.2, 0.25) is 0 Å². The van der Waals surface area contributed by atoms with E-state index in [0.717, 1.165) is 37.5 Å². The summed E-state index contributed by atoms with van der Waals surface area (Å²) >= 11 is 4.46. The number of amides is 1. The first-order valence-corrected chi connectivity index (χ1v) is 12.4. The molecule has 1 aromatic rings. The number of hydrogen-bond donors (Lipinski definition) is 1.